The molecule has 0 aliphatic heterocycles. The summed E-state index contributed by atoms with van der Waals surface area (Å²) >= 11 is 0. The van der Waals surface area contributed by atoms with Crippen molar-refractivity contribution in [1.82, 2.24) is 0 Å². The fourth-order valence-electron chi connectivity index (χ4n) is 6.74. The quantitative estimate of drug-likeness (QED) is 0.214. The van der Waals surface area contributed by atoms with E-state index in [-0.39, 0.29) is 0 Å². The minimum Gasteiger partial charge on any atom is -0.456 e. The maximum atomic E-state index is 6.49. The average Bonchev–Trinajstić information content (AvgIpc) is 3.74. The van der Waals surface area contributed by atoms with Gasteiger partial charge >= 0.3 is 0 Å². The number of benzene rings is 7. The number of fused-ring (bicyclic) bond motifs is 10. The largest absolute Gasteiger partial charge is 0.456 e. The van der Waals surface area contributed by atoms with Crippen molar-refractivity contribution in [3.63, 3.8) is 0 Å². The van der Waals surface area contributed by atoms with Gasteiger partial charge < -0.3 is 18.2 Å². The third kappa shape index (κ3) is 3.39. The van der Waals surface area contributed by atoms with Crippen LogP contribution in [0.15, 0.2) is 153 Å². The summed E-state index contributed by atoms with van der Waals surface area (Å²) in [5.74, 6) is 0. The second kappa shape index (κ2) is 8.76. The second-order valence-corrected chi connectivity index (χ2v) is 11.4. The first-order valence-electron chi connectivity index (χ1n) is 14.7. The van der Waals surface area contributed by atoms with Gasteiger partial charge in [-0.3, -0.25) is 0 Å². The molecule has 0 spiro atoms. The molecule has 4 heteroatoms. The third-order valence-electron chi connectivity index (χ3n) is 8.82. The molecule has 0 amide bonds. The third-order valence-corrected chi connectivity index (χ3v) is 8.82. The van der Waals surface area contributed by atoms with Crippen LogP contribution < -0.4 is 4.90 Å². The first-order chi connectivity index (χ1) is 21.8. The van der Waals surface area contributed by atoms with Crippen molar-refractivity contribution in [3.05, 3.63) is 140 Å². The van der Waals surface area contributed by atoms with Gasteiger partial charge in [-0.05, 0) is 77.5 Å². The molecule has 206 valence electrons. The molecule has 0 atom stereocenters. The molecule has 7 aromatic carbocycles. The van der Waals surface area contributed by atoms with Crippen molar-refractivity contribution < 1.29 is 13.3 Å². The van der Waals surface area contributed by atoms with Crippen LogP contribution in [0.2, 0.25) is 0 Å². The van der Waals surface area contributed by atoms with E-state index >= 15 is 0 Å². The molecule has 0 fully saturated rings. The van der Waals surface area contributed by atoms with Gasteiger partial charge in [0, 0.05) is 61.5 Å². The van der Waals surface area contributed by atoms with Crippen molar-refractivity contribution in [2.24, 2.45) is 0 Å². The Morgan fingerprint density at radius 2 is 0.727 bits per heavy atom. The van der Waals surface area contributed by atoms with Gasteiger partial charge in [0.05, 0.1) is 0 Å². The van der Waals surface area contributed by atoms with Gasteiger partial charge in [-0.1, -0.05) is 60.7 Å². The van der Waals surface area contributed by atoms with Crippen LogP contribution in [-0.2, 0) is 0 Å². The van der Waals surface area contributed by atoms with Crippen LogP contribution >= 0.6 is 0 Å². The molecule has 0 aliphatic carbocycles. The van der Waals surface area contributed by atoms with E-state index in [2.05, 4.69) is 114 Å². The molecule has 44 heavy (non-hydrogen) atoms. The summed E-state index contributed by atoms with van der Waals surface area (Å²) in [6.07, 6.45) is 0. The Kier molecular flexibility index (Phi) is 4.69. The summed E-state index contributed by atoms with van der Waals surface area (Å²) < 4.78 is 19.0. The Morgan fingerprint density at radius 3 is 1.45 bits per heavy atom. The lowest BCUT2D eigenvalue weighted by atomic mass is 10.1. The molecule has 10 aromatic rings. The first kappa shape index (κ1) is 23.6. The van der Waals surface area contributed by atoms with Gasteiger partial charge in [0.25, 0.3) is 0 Å². The molecule has 0 saturated heterocycles. The summed E-state index contributed by atoms with van der Waals surface area (Å²) in [5, 5.41) is 8.96. The van der Waals surface area contributed by atoms with Crippen molar-refractivity contribution >= 4 is 93.7 Å². The van der Waals surface area contributed by atoms with Crippen molar-refractivity contribution in [1.29, 1.82) is 0 Å². The van der Waals surface area contributed by atoms with Crippen molar-refractivity contribution in [2.45, 2.75) is 0 Å². The van der Waals surface area contributed by atoms with Crippen LogP contribution in [0.25, 0.3) is 76.6 Å². The molecule has 3 aromatic heterocycles. The summed E-state index contributed by atoms with van der Waals surface area (Å²) in [7, 11) is 0. The highest BCUT2D eigenvalue weighted by Gasteiger charge is 2.19. The average molecular weight is 566 g/mol. The Hall–Kier alpha value is -6.00. The molecular formula is C40H23NO3. The van der Waals surface area contributed by atoms with E-state index in [0.29, 0.717) is 0 Å². The lowest BCUT2D eigenvalue weighted by molar-refractivity contribution is 0.668. The Bertz CT molecular complexity index is 2740. The van der Waals surface area contributed by atoms with E-state index in [1.807, 2.05) is 30.3 Å². The Morgan fingerprint density at radius 1 is 0.295 bits per heavy atom. The van der Waals surface area contributed by atoms with Crippen LogP contribution in [0, 0.1) is 0 Å². The van der Waals surface area contributed by atoms with Gasteiger partial charge in [0.15, 0.2) is 0 Å². The highest BCUT2D eigenvalue weighted by atomic mass is 16.3. The molecule has 10 rings (SSSR count). The van der Waals surface area contributed by atoms with Crippen LogP contribution in [-0.4, -0.2) is 0 Å². The number of furan rings is 3. The van der Waals surface area contributed by atoms with E-state index in [0.717, 1.165) is 82.9 Å². The highest BCUT2D eigenvalue weighted by molar-refractivity contribution is 6.12. The van der Waals surface area contributed by atoms with E-state index in [4.69, 9.17) is 13.3 Å². The molecule has 3 heterocycles. The number of rotatable bonds is 3. The number of nitrogens with zero attached hydrogens (tertiary/aromatic N) is 1. The zero-order valence-electron chi connectivity index (χ0n) is 23.5. The predicted molar refractivity (Wildman–Crippen MR) is 180 cm³/mol. The highest BCUT2D eigenvalue weighted by Crippen LogP contribution is 2.43. The molecule has 0 saturated carbocycles. The van der Waals surface area contributed by atoms with Crippen molar-refractivity contribution in [2.75, 3.05) is 4.90 Å². The zero-order valence-corrected chi connectivity index (χ0v) is 23.5. The summed E-state index contributed by atoms with van der Waals surface area (Å²) in [4.78, 5) is 2.26. The molecule has 0 bridgehead atoms. The normalized spacial score (nSPS) is 12.1. The monoisotopic (exact) mass is 565 g/mol. The standard InChI is InChI=1S/C40H23NO3/c1-2-8-25-20-38-33(19-24(25)7-1)32-17-14-28(23-40(32)44-38)41(26-15-18-37-34(21-26)30-10-4-6-12-36(30)42-37)27-13-16-31-29-9-3-5-11-35(29)43-39(31)22-27/h1-23H. The first-order valence-corrected chi connectivity index (χ1v) is 14.7. The number of hydrogen-bond acceptors (Lipinski definition) is 4. The molecule has 4 nitrogen and oxygen atoms in total. The second-order valence-electron chi connectivity index (χ2n) is 11.4. The molecule has 0 N–H and O–H groups in total. The minimum absolute atomic E-state index is 0.845. The molecule has 0 unspecified atom stereocenters. The van der Waals surface area contributed by atoms with Crippen LogP contribution in [0.1, 0.15) is 0 Å². The molecular weight excluding hydrogens is 542 g/mol. The van der Waals surface area contributed by atoms with Crippen LogP contribution in [0.3, 0.4) is 0 Å². The van der Waals surface area contributed by atoms with Crippen LogP contribution in [0.5, 0.6) is 0 Å². The van der Waals surface area contributed by atoms with E-state index in [9.17, 15) is 0 Å². The van der Waals surface area contributed by atoms with Gasteiger partial charge in [-0.15, -0.1) is 0 Å². The topological polar surface area (TPSA) is 42.7 Å². The van der Waals surface area contributed by atoms with E-state index < -0.39 is 0 Å². The fourth-order valence-corrected chi connectivity index (χ4v) is 6.74. The predicted octanol–water partition coefficient (Wildman–Crippen LogP) is 12.0. The zero-order chi connectivity index (χ0) is 28.8. The number of para-hydroxylation sites is 2. The smallest absolute Gasteiger partial charge is 0.137 e. The molecule has 0 aliphatic rings. The molecule has 0 radical (unpaired) electrons. The lowest BCUT2D eigenvalue weighted by Crippen LogP contribution is -2.09. The summed E-state index contributed by atoms with van der Waals surface area (Å²) in [6.45, 7) is 0. The lowest BCUT2D eigenvalue weighted by Gasteiger charge is -2.25. The van der Waals surface area contributed by atoms with E-state index in [1.54, 1.807) is 0 Å². The van der Waals surface area contributed by atoms with Crippen molar-refractivity contribution in [3.8, 4) is 0 Å². The summed E-state index contributed by atoms with van der Waals surface area (Å²) in [6, 6.07) is 48.4. The van der Waals surface area contributed by atoms with Gasteiger partial charge in [0.1, 0.15) is 33.5 Å². The van der Waals surface area contributed by atoms with E-state index in [1.165, 1.54) is 10.8 Å². The number of hydrogen-bond donors (Lipinski definition) is 0. The minimum atomic E-state index is 0.845. The van der Waals surface area contributed by atoms with Gasteiger partial charge in [0.2, 0.25) is 0 Å². The van der Waals surface area contributed by atoms with Crippen LogP contribution in [0.4, 0.5) is 17.1 Å². The Balaban J connectivity index is 1.21. The summed E-state index contributed by atoms with van der Waals surface area (Å²) in [5.41, 5.74) is 8.20. The van der Waals surface area contributed by atoms with Gasteiger partial charge in [-0.25, -0.2) is 0 Å². The maximum absolute atomic E-state index is 6.49. The maximum Gasteiger partial charge on any atom is 0.137 e. The number of anilines is 3. The fraction of sp³-hybridized carbons (Fsp3) is 0. The van der Waals surface area contributed by atoms with Gasteiger partial charge in [-0.2, -0.15) is 0 Å². The Labute approximate surface area is 250 Å². The SMILES string of the molecule is c1ccc2cc3c(cc2c1)oc1cc(N(c2ccc4c(c2)oc2ccccc24)c2ccc4oc5ccccc5c4c2)ccc13.